The van der Waals surface area contributed by atoms with Gasteiger partial charge in [0, 0.05) is 45.1 Å². The maximum absolute atomic E-state index is 14.9. The van der Waals surface area contributed by atoms with Crippen LogP contribution in [-0.4, -0.2) is 62.7 Å². The summed E-state index contributed by atoms with van der Waals surface area (Å²) in [6.45, 7) is 2.20. The van der Waals surface area contributed by atoms with Gasteiger partial charge in [0.25, 0.3) is 5.56 Å². The average Bonchev–Trinajstić information content (AvgIpc) is 2.87. The molecule has 3 aromatic rings. The smallest absolute Gasteiger partial charge is 0.328 e. The van der Waals surface area contributed by atoms with E-state index in [1.807, 2.05) is 4.90 Å². The number of hydrogen-bond donors (Lipinski definition) is 1. The molecule has 0 radical (unpaired) electrons. The van der Waals surface area contributed by atoms with E-state index >= 15 is 0 Å². The minimum atomic E-state index is -1.25. The lowest BCUT2D eigenvalue weighted by Gasteiger charge is -2.39. The van der Waals surface area contributed by atoms with Crippen LogP contribution in [0.2, 0.25) is 0 Å². The number of hydrogen-bond acceptors (Lipinski definition) is 6. The van der Waals surface area contributed by atoms with Gasteiger partial charge in [-0.25, -0.2) is 23.5 Å². The predicted molar refractivity (Wildman–Crippen MR) is 125 cm³/mol. The number of nitrogens with zero attached hydrogens (tertiary/aromatic N) is 5. The number of amides is 1. The Bertz CT molecular complexity index is 1340. The van der Waals surface area contributed by atoms with Gasteiger partial charge in [0.2, 0.25) is 11.9 Å². The number of aromatic nitrogens is 4. The molecular weight excluding hydrogens is 458 g/mol. The van der Waals surface area contributed by atoms with Crippen LogP contribution in [0.15, 0.2) is 46.2 Å². The molecule has 11 heteroatoms. The molecule has 3 unspecified atom stereocenters. The number of nitrogens with one attached hydrogen (secondary N) is 1. The summed E-state index contributed by atoms with van der Waals surface area (Å²) < 4.78 is 30.5. The molecule has 5 rings (SSSR count). The maximum atomic E-state index is 14.9. The molecule has 2 aromatic heterocycles. The van der Waals surface area contributed by atoms with Gasteiger partial charge in [0.05, 0.1) is 16.8 Å². The van der Waals surface area contributed by atoms with Crippen molar-refractivity contribution in [2.24, 2.45) is 11.8 Å². The third-order valence-corrected chi connectivity index (χ3v) is 7.03. The molecule has 1 N–H and O–H groups in total. The summed E-state index contributed by atoms with van der Waals surface area (Å²) in [5, 5.41) is -0.181. The number of benzene rings is 1. The van der Waals surface area contributed by atoms with Crippen molar-refractivity contribution < 1.29 is 13.6 Å². The van der Waals surface area contributed by atoms with E-state index in [1.54, 1.807) is 23.4 Å². The second kappa shape index (κ2) is 9.55. The highest BCUT2D eigenvalue weighted by atomic mass is 19.1. The Morgan fingerprint density at radius 2 is 1.80 bits per heavy atom. The molecule has 1 saturated heterocycles. The standard InChI is InChI=1S/C24H26F2N6O3/c25-17-6-5-15(14-32-19-4-1-3-18(26)20(19)21(33)29-24(32)35)13-16(17)22(34)30-9-11-31(12-10-30)23-27-7-2-8-28-23/h1-4,7-8,15-17H,5-6,9-14H2,(H,29,33,35). The lowest BCUT2D eigenvalue weighted by atomic mass is 9.79. The molecule has 3 heterocycles. The normalized spacial score (nSPS) is 23.0. The van der Waals surface area contributed by atoms with E-state index in [2.05, 4.69) is 15.0 Å². The van der Waals surface area contributed by atoms with Crippen molar-refractivity contribution >= 4 is 22.8 Å². The predicted octanol–water partition coefficient (Wildman–Crippen LogP) is 1.72. The summed E-state index contributed by atoms with van der Waals surface area (Å²) in [6.07, 6.45) is 3.07. The molecule has 35 heavy (non-hydrogen) atoms. The topological polar surface area (TPSA) is 104 Å². The summed E-state index contributed by atoms with van der Waals surface area (Å²) in [6, 6.07) is 5.87. The molecule has 9 nitrogen and oxygen atoms in total. The summed E-state index contributed by atoms with van der Waals surface area (Å²) in [5.41, 5.74) is -1.22. The molecule has 1 amide bonds. The Morgan fingerprint density at radius 3 is 2.54 bits per heavy atom. The number of rotatable bonds is 4. The molecule has 2 fully saturated rings. The number of H-pyrrole nitrogens is 1. The van der Waals surface area contributed by atoms with Crippen molar-refractivity contribution in [2.75, 3.05) is 31.1 Å². The third kappa shape index (κ3) is 4.54. The number of aromatic amines is 1. The minimum absolute atomic E-state index is 0.162. The van der Waals surface area contributed by atoms with E-state index in [1.165, 1.54) is 22.8 Å². The zero-order valence-corrected chi connectivity index (χ0v) is 19.1. The molecule has 3 atom stereocenters. The van der Waals surface area contributed by atoms with Gasteiger partial charge in [-0.3, -0.25) is 19.1 Å². The number of halogens is 2. The molecule has 2 aliphatic rings. The van der Waals surface area contributed by atoms with Gasteiger partial charge >= 0.3 is 5.69 Å². The van der Waals surface area contributed by atoms with Crippen molar-refractivity contribution in [1.29, 1.82) is 0 Å². The van der Waals surface area contributed by atoms with Crippen LogP contribution in [0.5, 0.6) is 0 Å². The quantitative estimate of drug-likeness (QED) is 0.605. The van der Waals surface area contributed by atoms with E-state index < -0.39 is 29.2 Å². The fourth-order valence-electron chi connectivity index (χ4n) is 5.20. The van der Waals surface area contributed by atoms with Crippen molar-refractivity contribution in [3.05, 3.63) is 63.3 Å². The Kier molecular flexibility index (Phi) is 6.31. The summed E-state index contributed by atoms with van der Waals surface area (Å²) in [4.78, 5) is 52.2. The first-order chi connectivity index (χ1) is 16.9. The van der Waals surface area contributed by atoms with Crippen LogP contribution in [-0.2, 0) is 11.3 Å². The average molecular weight is 485 g/mol. The lowest BCUT2D eigenvalue weighted by Crippen LogP contribution is -2.52. The van der Waals surface area contributed by atoms with Gasteiger partial charge in [-0.05, 0) is 43.4 Å². The Labute approximate surface area is 199 Å². The second-order valence-electron chi connectivity index (χ2n) is 9.17. The van der Waals surface area contributed by atoms with Crippen LogP contribution in [0.3, 0.4) is 0 Å². The molecule has 1 aromatic carbocycles. The Morgan fingerprint density at radius 1 is 1.06 bits per heavy atom. The Hall–Kier alpha value is -3.63. The monoisotopic (exact) mass is 484 g/mol. The lowest BCUT2D eigenvalue weighted by molar-refractivity contribution is -0.140. The molecule has 1 saturated carbocycles. The van der Waals surface area contributed by atoms with Crippen LogP contribution in [0, 0.1) is 17.7 Å². The van der Waals surface area contributed by atoms with E-state index in [0.717, 1.165) is 0 Å². The molecular formula is C24H26F2N6O3. The Balaban J connectivity index is 1.29. The van der Waals surface area contributed by atoms with Crippen molar-refractivity contribution in [2.45, 2.75) is 32.0 Å². The van der Waals surface area contributed by atoms with Crippen molar-refractivity contribution in [3.8, 4) is 0 Å². The van der Waals surface area contributed by atoms with E-state index in [-0.39, 0.29) is 42.1 Å². The molecule has 1 aliphatic heterocycles. The van der Waals surface area contributed by atoms with Gasteiger partial charge in [-0.1, -0.05) is 6.07 Å². The summed E-state index contributed by atoms with van der Waals surface area (Å²) in [5.74, 6) is -1.28. The van der Waals surface area contributed by atoms with Crippen LogP contribution < -0.4 is 16.1 Å². The fraction of sp³-hybridized carbons (Fsp3) is 0.458. The molecule has 1 aliphatic carbocycles. The largest absolute Gasteiger partial charge is 0.339 e. The number of anilines is 1. The van der Waals surface area contributed by atoms with Gasteiger partial charge in [-0.2, -0.15) is 0 Å². The van der Waals surface area contributed by atoms with Gasteiger partial charge in [-0.15, -0.1) is 0 Å². The number of fused-ring (bicyclic) bond motifs is 1. The van der Waals surface area contributed by atoms with Gasteiger partial charge < -0.3 is 9.80 Å². The zero-order chi connectivity index (χ0) is 24.5. The SMILES string of the molecule is O=C(C1CC(Cn2c(=O)[nH]c(=O)c3c(F)cccc32)CCC1F)N1CCN(c2ncccn2)CC1. The summed E-state index contributed by atoms with van der Waals surface area (Å²) in [7, 11) is 0. The number of alkyl halides is 1. The second-order valence-corrected chi connectivity index (χ2v) is 9.17. The van der Waals surface area contributed by atoms with Crippen LogP contribution in [0.4, 0.5) is 14.7 Å². The maximum Gasteiger partial charge on any atom is 0.328 e. The van der Waals surface area contributed by atoms with E-state index in [0.29, 0.717) is 38.5 Å². The molecule has 184 valence electrons. The highest BCUT2D eigenvalue weighted by Crippen LogP contribution is 2.34. The van der Waals surface area contributed by atoms with Gasteiger partial charge in [0.1, 0.15) is 12.0 Å². The highest BCUT2D eigenvalue weighted by Gasteiger charge is 2.38. The highest BCUT2D eigenvalue weighted by molar-refractivity contribution is 5.80. The van der Waals surface area contributed by atoms with Gasteiger partial charge in [0.15, 0.2) is 0 Å². The first-order valence-electron chi connectivity index (χ1n) is 11.8. The van der Waals surface area contributed by atoms with Crippen molar-refractivity contribution in [1.82, 2.24) is 24.4 Å². The zero-order valence-electron chi connectivity index (χ0n) is 19.1. The molecule has 0 bridgehead atoms. The fourth-order valence-corrected chi connectivity index (χ4v) is 5.20. The number of carbonyl (C=O) groups excluding carboxylic acids is 1. The minimum Gasteiger partial charge on any atom is -0.339 e. The number of piperazine rings is 1. The first kappa shape index (κ1) is 23.1. The summed E-state index contributed by atoms with van der Waals surface area (Å²) >= 11 is 0. The third-order valence-electron chi connectivity index (χ3n) is 7.03. The van der Waals surface area contributed by atoms with Crippen LogP contribution in [0.25, 0.3) is 10.9 Å². The van der Waals surface area contributed by atoms with E-state index in [9.17, 15) is 23.2 Å². The molecule has 0 spiro atoms. The van der Waals surface area contributed by atoms with E-state index in [4.69, 9.17) is 0 Å². The van der Waals surface area contributed by atoms with Crippen LogP contribution >= 0.6 is 0 Å². The van der Waals surface area contributed by atoms with Crippen molar-refractivity contribution in [3.63, 3.8) is 0 Å². The first-order valence-corrected chi connectivity index (χ1v) is 11.8. The van der Waals surface area contributed by atoms with Crippen LogP contribution in [0.1, 0.15) is 19.3 Å². The number of carbonyl (C=O) groups is 1.